The molecule has 6 N–H and O–H groups in total. The summed E-state index contributed by atoms with van der Waals surface area (Å²) in [5.41, 5.74) is 0.0545. The van der Waals surface area contributed by atoms with Gasteiger partial charge in [0.05, 0.1) is 23.9 Å². The van der Waals surface area contributed by atoms with Gasteiger partial charge in [-0.25, -0.2) is 4.79 Å². The molecule has 4 saturated carbocycles. The molecule has 266 valence electrons. The Morgan fingerprint density at radius 2 is 1.47 bits per heavy atom. The summed E-state index contributed by atoms with van der Waals surface area (Å²) in [5, 5.41) is 65.1. The van der Waals surface area contributed by atoms with Crippen LogP contribution in [0.15, 0.2) is 11.6 Å². The number of fused-ring (bicyclic) bond motifs is 5. The minimum Gasteiger partial charge on any atom is -0.458 e. The molecule has 12 heteroatoms. The molecule has 0 bridgehead atoms. The smallest absolute Gasteiger partial charge is 0.331 e. The van der Waals surface area contributed by atoms with Crippen LogP contribution in [0.25, 0.3) is 0 Å². The van der Waals surface area contributed by atoms with Gasteiger partial charge in [0.1, 0.15) is 43.2 Å². The first kappa shape index (κ1) is 34.3. The molecule has 0 radical (unpaired) electrons. The van der Waals surface area contributed by atoms with Crippen LogP contribution in [0, 0.1) is 34.5 Å². The summed E-state index contributed by atoms with van der Waals surface area (Å²) in [5.74, 6) is 0.893. The summed E-state index contributed by atoms with van der Waals surface area (Å²) in [7, 11) is 0. The fourth-order valence-electron chi connectivity index (χ4n) is 11.3. The lowest BCUT2D eigenvalue weighted by Gasteiger charge is -2.64. The molecular formula is C35H54O12. The average Bonchev–Trinajstić information content (AvgIpc) is 3.58. The van der Waals surface area contributed by atoms with Gasteiger partial charge in [0.25, 0.3) is 0 Å². The number of hydrogen-bond donors (Lipinski definition) is 6. The lowest BCUT2D eigenvalue weighted by molar-refractivity contribution is -0.357. The topological polar surface area (TPSA) is 185 Å². The minimum absolute atomic E-state index is 0.0531. The van der Waals surface area contributed by atoms with Gasteiger partial charge in [-0.2, -0.15) is 0 Å². The van der Waals surface area contributed by atoms with E-state index >= 15 is 0 Å². The van der Waals surface area contributed by atoms with E-state index in [9.17, 15) is 35.4 Å². The van der Waals surface area contributed by atoms with E-state index in [-0.39, 0.29) is 34.7 Å². The molecule has 0 aromatic heterocycles. The Morgan fingerprint density at radius 3 is 2.19 bits per heavy atom. The molecule has 2 saturated heterocycles. The third-order valence-corrected chi connectivity index (χ3v) is 14.1. The molecule has 4 aliphatic carbocycles. The maximum atomic E-state index is 12.5. The van der Waals surface area contributed by atoms with Crippen LogP contribution in [0.1, 0.15) is 85.5 Å². The molecule has 0 aromatic carbocycles. The Labute approximate surface area is 276 Å². The molecule has 18 atom stereocenters. The standard InChI is InChI=1S/C35H54O12/c1-16-25(37)26(38)28(40)32(44-16)47-30-17(2)45-31(29(41)27(30)39)46-20-7-10-33(3)19(14-20)5-6-23-22(33)8-11-34(4)21(9-12-35(23,34)42)18-13-24(36)43-15-18/h13,16-17,19-23,25-32,37-42H,5-12,14-15H2,1-4H3/t16-,17-,19-,20+,21-,22+,23-,25-,26+,27-,28+,29+,30-,31-,32-,33+,34-,35+/m1/s1. The molecule has 12 nitrogen and oxygen atoms in total. The van der Waals surface area contributed by atoms with Crippen molar-refractivity contribution in [2.24, 2.45) is 34.5 Å². The molecule has 0 amide bonds. The van der Waals surface area contributed by atoms with E-state index in [1.54, 1.807) is 19.9 Å². The largest absolute Gasteiger partial charge is 0.458 e. The zero-order valence-corrected chi connectivity index (χ0v) is 27.9. The third-order valence-electron chi connectivity index (χ3n) is 14.1. The molecule has 3 aliphatic heterocycles. The zero-order valence-electron chi connectivity index (χ0n) is 27.9. The summed E-state index contributed by atoms with van der Waals surface area (Å²) in [4.78, 5) is 11.9. The number of esters is 1. The highest BCUT2D eigenvalue weighted by Gasteiger charge is 2.68. The predicted molar refractivity (Wildman–Crippen MR) is 164 cm³/mol. The number of aliphatic hydroxyl groups is 6. The van der Waals surface area contributed by atoms with Crippen molar-refractivity contribution in [3.05, 3.63) is 11.6 Å². The van der Waals surface area contributed by atoms with E-state index in [0.717, 1.165) is 63.4 Å². The second-order valence-corrected chi connectivity index (χ2v) is 16.3. The maximum Gasteiger partial charge on any atom is 0.331 e. The summed E-state index contributed by atoms with van der Waals surface area (Å²) < 4.78 is 29.0. The quantitative estimate of drug-likeness (QED) is 0.183. The van der Waals surface area contributed by atoms with Crippen molar-refractivity contribution in [2.45, 2.75) is 159 Å². The molecule has 0 aromatic rings. The maximum absolute atomic E-state index is 12.5. The molecule has 3 heterocycles. The molecular weight excluding hydrogens is 612 g/mol. The molecule has 7 rings (SSSR count). The zero-order chi connectivity index (χ0) is 33.6. The van der Waals surface area contributed by atoms with Crippen molar-refractivity contribution in [1.82, 2.24) is 0 Å². The number of aliphatic hydroxyl groups excluding tert-OH is 5. The molecule has 7 aliphatic rings. The van der Waals surface area contributed by atoms with Crippen LogP contribution in [0.4, 0.5) is 0 Å². The first-order valence-corrected chi connectivity index (χ1v) is 17.8. The van der Waals surface area contributed by atoms with Gasteiger partial charge in [0.15, 0.2) is 12.6 Å². The van der Waals surface area contributed by atoms with E-state index in [1.807, 2.05) is 0 Å². The van der Waals surface area contributed by atoms with Gasteiger partial charge >= 0.3 is 5.97 Å². The monoisotopic (exact) mass is 666 g/mol. The summed E-state index contributed by atoms with van der Waals surface area (Å²) in [6.07, 6.45) is -2.59. The van der Waals surface area contributed by atoms with Crippen LogP contribution in [0.5, 0.6) is 0 Å². The van der Waals surface area contributed by atoms with E-state index < -0.39 is 67.0 Å². The van der Waals surface area contributed by atoms with E-state index in [2.05, 4.69) is 13.8 Å². The number of rotatable bonds is 5. The normalized spacial score (nSPS) is 56.3. The number of carbonyl (C=O) groups is 1. The third kappa shape index (κ3) is 5.36. The fraction of sp³-hybridized carbons (Fsp3) is 0.914. The second kappa shape index (κ2) is 12.2. The van der Waals surface area contributed by atoms with Crippen LogP contribution < -0.4 is 0 Å². The Balaban J connectivity index is 0.980. The summed E-state index contributed by atoms with van der Waals surface area (Å²) >= 11 is 0. The molecule has 47 heavy (non-hydrogen) atoms. The summed E-state index contributed by atoms with van der Waals surface area (Å²) in [6, 6.07) is 0. The molecule has 6 fully saturated rings. The van der Waals surface area contributed by atoms with Crippen LogP contribution in [0.2, 0.25) is 0 Å². The average molecular weight is 667 g/mol. The number of cyclic esters (lactones) is 1. The van der Waals surface area contributed by atoms with Crippen molar-refractivity contribution in [2.75, 3.05) is 6.61 Å². The van der Waals surface area contributed by atoms with Gasteiger partial charge in [-0.15, -0.1) is 0 Å². The lowest BCUT2D eigenvalue weighted by Crippen LogP contribution is -2.64. The summed E-state index contributed by atoms with van der Waals surface area (Å²) in [6.45, 7) is 8.21. The van der Waals surface area contributed by atoms with E-state index in [4.69, 9.17) is 23.7 Å². The van der Waals surface area contributed by atoms with Gasteiger partial charge in [-0.05, 0) is 106 Å². The lowest BCUT2D eigenvalue weighted by atomic mass is 9.43. The Morgan fingerprint density at radius 1 is 0.766 bits per heavy atom. The van der Waals surface area contributed by atoms with Crippen LogP contribution >= 0.6 is 0 Å². The van der Waals surface area contributed by atoms with E-state index in [1.165, 1.54) is 0 Å². The SMILES string of the molecule is C[C@H]1O[C@H](O[C@H]2[C@H](O)[C@H](O)[C@@H](O[C@H]3CC[C@@]4(C)[C@H](CC[C@@H]5[C@@H]4CC[C@]4(C)[C@@H](C6=CC(=O)OC6)CC[C@]54O)C3)O[C@@H]2C)[C@@H](O)[C@@H](O)[C@@H]1O. The predicted octanol–water partition coefficient (Wildman–Crippen LogP) is 1.31. The van der Waals surface area contributed by atoms with Crippen LogP contribution in [-0.4, -0.2) is 116 Å². The fourth-order valence-corrected chi connectivity index (χ4v) is 11.3. The van der Waals surface area contributed by atoms with Gasteiger partial charge in [-0.3, -0.25) is 0 Å². The minimum atomic E-state index is -1.54. The van der Waals surface area contributed by atoms with Crippen molar-refractivity contribution < 1.29 is 59.1 Å². The second-order valence-electron chi connectivity index (χ2n) is 16.3. The first-order chi connectivity index (χ1) is 22.2. The Hall–Kier alpha value is -1.19. The Bertz CT molecular complexity index is 1230. The highest BCUT2D eigenvalue weighted by Crippen LogP contribution is 2.70. The van der Waals surface area contributed by atoms with Crippen molar-refractivity contribution in [3.63, 3.8) is 0 Å². The van der Waals surface area contributed by atoms with Crippen LogP contribution in [-0.2, 0) is 28.5 Å². The van der Waals surface area contributed by atoms with Crippen LogP contribution in [0.3, 0.4) is 0 Å². The van der Waals surface area contributed by atoms with E-state index in [0.29, 0.717) is 18.4 Å². The van der Waals surface area contributed by atoms with Crippen molar-refractivity contribution >= 4 is 5.97 Å². The van der Waals surface area contributed by atoms with Gasteiger partial charge in [0.2, 0.25) is 0 Å². The molecule has 0 spiro atoms. The first-order valence-electron chi connectivity index (χ1n) is 17.8. The van der Waals surface area contributed by atoms with Gasteiger partial charge in [-0.1, -0.05) is 13.8 Å². The number of ether oxygens (including phenoxy) is 5. The number of carbonyl (C=O) groups excluding carboxylic acids is 1. The molecule has 0 unspecified atom stereocenters. The van der Waals surface area contributed by atoms with Gasteiger partial charge < -0.3 is 54.3 Å². The number of hydrogen-bond acceptors (Lipinski definition) is 12. The van der Waals surface area contributed by atoms with Crippen molar-refractivity contribution in [1.29, 1.82) is 0 Å². The Kier molecular flexibility index (Phi) is 8.93. The highest BCUT2D eigenvalue weighted by atomic mass is 16.7. The van der Waals surface area contributed by atoms with Gasteiger partial charge in [0, 0.05) is 11.5 Å². The highest BCUT2D eigenvalue weighted by molar-refractivity contribution is 5.85. The van der Waals surface area contributed by atoms with Crippen molar-refractivity contribution in [3.8, 4) is 0 Å².